The lowest BCUT2D eigenvalue weighted by Gasteiger charge is -2.39. The lowest BCUT2D eigenvalue weighted by molar-refractivity contribution is 0.0917. The van der Waals surface area contributed by atoms with Crippen molar-refractivity contribution in [3.63, 3.8) is 0 Å². The van der Waals surface area contributed by atoms with Crippen LogP contribution >= 0.6 is 30.3 Å². The number of imidazole rings is 1. The number of fused-ring (bicyclic) bond motifs is 1. The topological polar surface area (TPSA) is 85.5 Å². The molecular formula is C28H34FN6O3PS2. The third-order valence-electron chi connectivity index (χ3n) is 7.43. The fourth-order valence-corrected chi connectivity index (χ4v) is 6.56. The van der Waals surface area contributed by atoms with Crippen molar-refractivity contribution in [3.05, 3.63) is 82.5 Å². The first-order chi connectivity index (χ1) is 19.5. The van der Waals surface area contributed by atoms with Crippen molar-refractivity contribution in [1.82, 2.24) is 19.1 Å². The number of piperidine rings is 1. The highest BCUT2D eigenvalue weighted by Crippen LogP contribution is 2.59. The van der Waals surface area contributed by atoms with E-state index in [0.29, 0.717) is 12.5 Å². The number of hydrogen-bond acceptors (Lipinski definition) is 7. The van der Waals surface area contributed by atoms with Crippen LogP contribution in [0.4, 0.5) is 16.3 Å². The fraction of sp³-hybridized carbons (Fsp3) is 0.393. The van der Waals surface area contributed by atoms with Crippen molar-refractivity contribution in [2.45, 2.75) is 45.5 Å². The zero-order chi connectivity index (χ0) is 29.3. The van der Waals surface area contributed by atoms with Crippen LogP contribution in [0, 0.1) is 11.7 Å². The van der Waals surface area contributed by atoms with E-state index in [-0.39, 0.29) is 23.3 Å². The number of nitrogens with zero attached hydrogens (tertiary/aromatic N) is 6. The van der Waals surface area contributed by atoms with Crippen molar-refractivity contribution in [2.24, 2.45) is 5.92 Å². The summed E-state index contributed by atoms with van der Waals surface area (Å²) in [5.41, 5.74) is 2.62. The number of rotatable bonds is 9. The average molecular weight is 617 g/mol. The number of anilines is 2. The summed E-state index contributed by atoms with van der Waals surface area (Å²) in [6, 6.07) is 16.0. The normalized spacial score (nSPS) is 15.5. The van der Waals surface area contributed by atoms with E-state index in [1.54, 1.807) is 12.1 Å². The smallest absolute Gasteiger partial charge is 0.309 e. The Morgan fingerprint density at radius 3 is 2.44 bits per heavy atom. The summed E-state index contributed by atoms with van der Waals surface area (Å²) < 4.78 is 35.1. The molecule has 9 nitrogen and oxygen atoms in total. The molecule has 0 bridgehead atoms. The minimum Gasteiger partial charge on any atom is -0.342 e. The molecule has 0 aliphatic carbocycles. The van der Waals surface area contributed by atoms with Crippen LogP contribution in [0.15, 0.2) is 65.6 Å². The maximum absolute atomic E-state index is 13.5. The Kier molecular flexibility index (Phi) is 8.84. The van der Waals surface area contributed by atoms with Crippen LogP contribution < -0.4 is 15.4 Å². The number of benzene rings is 2. The monoisotopic (exact) mass is 616 g/mol. The van der Waals surface area contributed by atoms with Crippen molar-refractivity contribution in [1.29, 1.82) is 0 Å². The van der Waals surface area contributed by atoms with Crippen LogP contribution in [0.2, 0.25) is 0 Å². The van der Waals surface area contributed by atoms with Gasteiger partial charge in [-0.2, -0.15) is 0 Å². The number of halogens is 1. The number of thiol groups is 2. The molecule has 1 atom stereocenters. The van der Waals surface area contributed by atoms with Crippen molar-refractivity contribution >= 4 is 53.2 Å². The van der Waals surface area contributed by atoms with Gasteiger partial charge in [-0.25, -0.2) is 14.4 Å². The fourth-order valence-electron chi connectivity index (χ4n) is 5.37. The molecule has 1 aliphatic rings. The van der Waals surface area contributed by atoms with Crippen LogP contribution in [0.1, 0.15) is 38.5 Å². The standard InChI is InChI=1S/C28H34FN6O3PS2/c1-19(2)26(38-39(37,40)41)35-25(36)12-15-30-27(35)32(3)22-13-16-33(17-14-22)28-31-23-6-4-5-7-24(23)34(28)18-20-8-10-21(29)11-9-20/h4-12,15,19,22,26H,13-14,16-18H2,1-3H3,(H2,37,40,41). The van der Waals surface area contributed by atoms with E-state index >= 15 is 0 Å². The van der Waals surface area contributed by atoms with Crippen LogP contribution in [0.5, 0.6) is 0 Å². The summed E-state index contributed by atoms with van der Waals surface area (Å²) in [6.45, 7) is 5.81. The Morgan fingerprint density at radius 1 is 1.10 bits per heavy atom. The molecule has 41 heavy (non-hydrogen) atoms. The van der Waals surface area contributed by atoms with Crippen LogP contribution in [0.25, 0.3) is 11.0 Å². The van der Waals surface area contributed by atoms with Gasteiger partial charge >= 0.3 is 5.77 Å². The second kappa shape index (κ2) is 12.2. The second-order valence-electron chi connectivity index (χ2n) is 10.6. The van der Waals surface area contributed by atoms with Gasteiger partial charge in [0, 0.05) is 38.4 Å². The van der Waals surface area contributed by atoms with E-state index < -0.39 is 12.0 Å². The van der Waals surface area contributed by atoms with E-state index in [9.17, 15) is 13.8 Å². The summed E-state index contributed by atoms with van der Waals surface area (Å²) in [6.07, 6.45) is 2.23. The van der Waals surface area contributed by atoms with E-state index in [1.165, 1.54) is 29.0 Å². The van der Waals surface area contributed by atoms with Gasteiger partial charge in [-0.15, -0.1) is 0 Å². The summed E-state index contributed by atoms with van der Waals surface area (Å²) in [7, 11) is 1.92. The Balaban J connectivity index is 1.39. The highest BCUT2D eigenvalue weighted by molar-refractivity contribution is 8.79. The quantitative estimate of drug-likeness (QED) is 0.176. The second-order valence-corrected chi connectivity index (χ2v) is 15.9. The predicted molar refractivity (Wildman–Crippen MR) is 168 cm³/mol. The summed E-state index contributed by atoms with van der Waals surface area (Å²) in [5.74, 6) is -2.62. The molecule has 218 valence electrons. The molecule has 2 aromatic carbocycles. The maximum Gasteiger partial charge on any atom is 0.309 e. The summed E-state index contributed by atoms with van der Waals surface area (Å²) >= 11 is 7.97. The maximum atomic E-state index is 13.5. The lowest BCUT2D eigenvalue weighted by atomic mass is 10.0. The van der Waals surface area contributed by atoms with E-state index in [0.717, 1.165) is 48.5 Å². The largest absolute Gasteiger partial charge is 0.342 e. The molecule has 2 aromatic heterocycles. The lowest BCUT2D eigenvalue weighted by Crippen LogP contribution is -2.46. The number of aromatic nitrogens is 4. The van der Waals surface area contributed by atoms with Gasteiger partial charge in [0.25, 0.3) is 5.56 Å². The molecule has 1 unspecified atom stereocenters. The van der Waals surface area contributed by atoms with E-state index in [1.807, 2.05) is 44.0 Å². The molecule has 0 radical (unpaired) electrons. The summed E-state index contributed by atoms with van der Waals surface area (Å²) in [5, 5.41) is 0. The minimum absolute atomic E-state index is 0.0911. The van der Waals surface area contributed by atoms with Gasteiger partial charge in [0.2, 0.25) is 11.9 Å². The van der Waals surface area contributed by atoms with Gasteiger partial charge in [-0.1, -0.05) is 62.6 Å². The molecule has 3 heterocycles. The average Bonchev–Trinajstić information content (AvgIpc) is 3.30. The molecule has 0 saturated carbocycles. The highest BCUT2D eigenvalue weighted by Gasteiger charge is 2.32. The van der Waals surface area contributed by atoms with Gasteiger partial charge in [0.1, 0.15) is 5.82 Å². The van der Waals surface area contributed by atoms with Gasteiger partial charge in [-0.05, 0) is 48.6 Å². The highest BCUT2D eigenvalue weighted by atomic mass is 33.1. The molecule has 0 N–H and O–H groups in total. The molecule has 1 aliphatic heterocycles. The molecule has 1 fully saturated rings. The molecule has 4 aromatic rings. The first kappa shape index (κ1) is 29.7. The first-order valence-electron chi connectivity index (χ1n) is 13.5. The van der Waals surface area contributed by atoms with Gasteiger partial charge in [0.15, 0.2) is 6.23 Å². The zero-order valence-electron chi connectivity index (χ0n) is 23.2. The molecule has 5 rings (SSSR count). The van der Waals surface area contributed by atoms with E-state index in [2.05, 4.69) is 45.0 Å². The number of para-hydroxylation sites is 2. The summed E-state index contributed by atoms with van der Waals surface area (Å²) in [4.78, 5) is 26.8. The zero-order valence-corrected chi connectivity index (χ0v) is 25.9. The Morgan fingerprint density at radius 2 is 1.78 bits per heavy atom. The molecule has 0 spiro atoms. The Bertz CT molecular complexity index is 1620. The van der Waals surface area contributed by atoms with Crippen molar-refractivity contribution < 1.29 is 13.5 Å². The Hall–Kier alpha value is -2.79. The predicted octanol–water partition coefficient (Wildman–Crippen LogP) is 6.02. The van der Waals surface area contributed by atoms with Gasteiger partial charge in [0.05, 0.1) is 17.6 Å². The third-order valence-corrected chi connectivity index (χ3v) is 8.49. The van der Waals surface area contributed by atoms with Gasteiger partial charge in [-0.3, -0.25) is 18.5 Å². The molecule has 13 heteroatoms. The minimum atomic E-state index is -3.48. The molecule has 0 amide bonds. The molecular weight excluding hydrogens is 582 g/mol. The van der Waals surface area contributed by atoms with Gasteiger partial charge < -0.3 is 14.4 Å². The Labute approximate surface area is 249 Å². The molecule has 1 saturated heterocycles. The third kappa shape index (κ3) is 6.66. The first-order valence-corrected chi connectivity index (χ1v) is 17.4. The van der Waals surface area contributed by atoms with Crippen molar-refractivity contribution in [3.8, 4) is 0 Å². The SMILES string of the molecule is CC(C)C(OP(=O)(S)S)n1c(N(C)C2CCN(c3nc4ccccc4n3Cc3ccc(F)cc3)CC2)nccc1=O. The van der Waals surface area contributed by atoms with Crippen LogP contribution in [-0.2, 0) is 15.6 Å². The van der Waals surface area contributed by atoms with Crippen LogP contribution in [-0.4, -0.2) is 45.3 Å². The van der Waals surface area contributed by atoms with Crippen LogP contribution in [0.3, 0.4) is 0 Å². The van der Waals surface area contributed by atoms with Crippen molar-refractivity contribution in [2.75, 3.05) is 29.9 Å². The number of hydrogen-bond donors (Lipinski definition) is 2. The van der Waals surface area contributed by atoms with E-state index in [4.69, 9.17) is 9.51 Å².